The number of anilines is 1. The van der Waals surface area contributed by atoms with Crippen LogP contribution < -0.4 is 14.8 Å². The molecule has 0 aromatic heterocycles. The van der Waals surface area contributed by atoms with Crippen LogP contribution in [0, 0.1) is 0 Å². The topological polar surface area (TPSA) is 97.0 Å². The van der Waals surface area contributed by atoms with Crippen LogP contribution in [0.15, 0.2) is 71.6 Å². The zero-order valence-electron chi connectivity index (χ0n) is 20.7. The second-order valence-corrected chi connectivity index (χ2v) is 11.2. The Morgan fingerprint density at radius 1 is 0.974 bits per heavy atom. The third-order valence-corrected chi connectivity index (χ3v) is 7.89. The van der Waals surface area contributed by atoms with Crippen LogP contribution in [-0.2, 0) is 14.8 Å². The van der Waals surface area contributed by atoms with Crippen molar-refractivity contribution in [2.75, 3.05) is 44.1 Å². The van der Waals surface area contributed by atoms with Crippen molar-refractivity contribution in [2.24, 2.45) is 0 Å². The van der Waals surface area contributed by atoms with Gasteiger partial charge in [0.15, 0.2) is 0 Å². The first kappa shape index (κ1) is 28.2. The zero-order chi connectivity index (χ0) is 27.0. The number of rotatable bonds is 11. The Morgan fingerprint density at radius 3 is 2.45 bits per heavy atom. The highest BCUT2D eigenvalue weighted by Crippen LogP contribution is 2.30. The summed E-state index contributed by atoms with van der Waals surface area (Å²) in [7, 11) is -3.99. The summed E-state index contributed by atoms with van der Waals surface area (Å²) in [5.74, 6) is 0.484. The highest BCUT2D eigenvalue weighted by atomic mass is 35.5. The molecular formula is C27H29Cl2N3O5S. The van der Waals surface area contributed by atoms with Crippen molar-refractivity contribution in [1.29, 1.82) is 0 Å². The van der Waals surface area contributed by atoms with Gasteiger partial charge in [-0.2, -0.15) is 0 Å². The first-order valence-corrected chi connectivity index (χ1v) is 14.5. The molecule has 0 aliphatic carbocycles. The van der Waals surface area contributed by atoms with Gasteiger partial charge in [0.25, 0.3) is 15.9 Å². The maximum Gasteiger partial charge on any atom is 0.261 e. The molecule has 1 aliphatic heterocycles. The Kier molecular flexibility index (Phi) is 9.87. The van der Waals surface area contributed by atoms with E-state index in [1.165, 1.54) is 42.5 Å². The molecule has 0 unspecified atom stereocenters. The minimum atomic E-state index is -3.99. The number of hydrogen-bond donors (Lipinski definition) is 2. The van der Waals surface area contributed by atoms with Gasteiger partial charge in [0.05, 0.1) is 34.4 Å². The van der Waals surface area contributed by atoms with Gasteiger partial charge in [-0.05, 0) is 74.0 Å². The second kappa shape index (κ2) is 13.3. The van der Waals surface area contributed by atoms with E-state index in [2.05, 4.69) is 14.9 Å². The van der Waals surface area contributed by atoms with Gasteiger partial charge in [0.2, 0.25) is 0 Å². The number of benzene rings is 3. The number of sulfonamides is 1. The minimum absolute atomic E-state index is 0.00781. The van der Waals surface area contributed by atoms with E-state index in [4.69, 9.17) is 32.7 Å². The molecular weight excluding hydrogens is 549 g/mol. The molecule has 11 heteroatoms. The average molecular weight is 579 g/mol. The zero-order valence-corrected chi connectivity index (χ0v) is 23.0. The normalized spacial score (nSPS) is 14.2. The smallest absolute Gasteiger partial charge is 0.261 e. The van der Waals surface area contributed by atoms with Crippen molar-refractivity contribution in [2.45, 2.75) is 17.7 Å². The number of halogens is 2. The predicted molar refractivity (Wildman–Crippen MR) is 149 cm³/mol. The number of unbranched alkanes of at least 4 members (excludes halogenated alkanes) is 1. The SMILES string of the molecule is O=C(NCCCCN1CCOCC1)c1cc(Cl)ccc1NS(=O)(=O)c1ccc(Oc2ccccc2Cl)cc1. The summed E-state index contributed by atoms with van der Waals surface area (Å²) < 4.78 is 39.8. The molecule has 0 radical (unpaired) electrons. The lowest BCUT2D eigenvalue weighted by atomic mass is 10.1. The molecule has 202 valence electrons. The summed E-state index contributed by atoms with van der Waals surface area (Å²) in [5.41, 5.74) is 0.282. The molecule has 1 saturated heterocycles. The monoisotopic (exact) mass is 577 g/mol. The van der Waals surface area contributed by atoms with Crippen LogP contribution in [0.1, 0.15) is 23.2 Å². The van der Waals surface area contributed by atoms with Gasteiger partial charge in [-0.25, -0.2) is 8.42 Å². The molecule has 4 rings (SSSR count). The first-order chi connectivity index (χ1) is 18.3. The molecule has 38 heavy (non-hydrogen) atoms. The van der Waals surface area contributed by atoms with Crippen molar-refractivity contribution < 1.29 is 22.7 Å². The summed E-state index contributed by atoms with van der Waals surface area (Å²) in [6.07, 6.45) is 1.73. The summed E-state index contributed by atoms with van der Waals surface area (Å²) in [5, 5.41) is 3.63. The van der Waals surface area contributed by atoms with Gasteiger partial charge in [-0.3, -0.25) is 14.4 Å². The molecule has 2 N–H and O–H groups in total. The van der Waals surface area contributed by atoms with Gasteiger partial charge in [0, 0.05) is 24.7 Å². The third-order valence-electron chi connectivity index (χ3n) is 5.96. The standard InChI is InChI=1S/C27H29Cl2N3O5S/c28-20-7-12-25(23(19-20)27(33)30-13-3-4-14-32-15-17-36-18-16-32)31-38(34,35)22-10-8-21(9-11-22)37-26-6-2-1-5-24(26)29/h1-2,5-12,19,31H,3-4,13-18H2,(H,30,33). The molecule has 1 fully saturated rings. The van der Waals surface area contributed by atoms with E-state index >= 15 is 0 Å². The molecule has 0 bridgehead atoms. The first-order valence-electron chi connectivity index (χ1n) is 12.2. The number of hydrogen-bond acceptors (Lipinski definition) is 6. The van der Waals surface area contributed by atoms with Crippen molar-refractivity contribution in [3.05, 3.63) is 82.3 Å². The van der Waals surface area contributed by atoms with Crippen molar-refractivity contribution in [3.63, 3.8) is 0 Å². The number of morpholine rings is 1. The van der Waals surface area contributed by atoms with E-state index in [9.17, 15) is 13.2 Å². The fourth-order valence-electron chi connectivity index (χ4n) is 3.92. The summed E-state index contributed by atoms with van der Waals surface area (Å²) in [6.45, 7) is 4.78. The van der Waals surface area contributed by atoms with Gasteiger partial charge < -0.3 is 14.8 Å². The molecule has 1 heterocycles. The quantitative estimate of drug-likeness (QED) is 0.295. The van der Waals surface area contributed by atoms with E-state index in [1.54, 1.807) is 24.3 Å². The Hall–Kier alpha value is -2.82. The van der Waals surface area contributed by atoms with Gasteiger partial charge in [0.1, 0.15) is 11.5 Å². The van der Waals surface area contributed by atoms with Crippen LogP contribution in [0.2, 0.25) is 10.0 Å². The molecule has 3 aromatic rings. The lowest BCUT2D eigenvalue weighted by Gasteiger charge is -2.26. The molecule has 0 atom stereocenters. The number of nitrogens with one attached hydrogen (secondary N) is 2. The van der Waals surface area contributed by atoms with Crippen LogP contribution in [-0.4, -0.2) is 58.6 Å². The van der Waals surface area contributed by atoms with Crippen molar-refractivity contribution in [1.82, 2.24) is 10.2 Å². The number of para-hydroxylation sites is 1. The third kappa shape index (κ3) is 7.85. The maximum atomic E-state index is 13.1. The predicted octanol–water partition coefficient (Wildman–Crippen LogP) is 5.43. The van der Waals surface area contributed by atoms with Crippen LogP contribution in [0.5, 0.6) is 11.5 Å². The molecule has 0 spiro atoms. The molecule has 3 aromatic carbocycles. The second-order valence-electron chi connectivity index (χ2n) is 8.72. The Bertz CT molecular complexity index is 1350. The average Bonchev–Trinajstić information content (AvgIpc) is 2.91. The highest BCUT2D eigenvalue weighted by Gasteiger charge is 2.20. The number of nitrogens with zero attached hydrogens (tertiary/aromatic N) is 1. The van der Waals surface area contributed by atoms with Crippen LogP contribution in [0.3, 0.4) is 0 Å². The van der Waals surface area contributed by atoms with E-state index < -0.39 is 15.9 Å². The Labute approximate surface area is 232 Å². The number of carbonyl (C=O) groups is 1. The lowest BCUT2D eigenvalue weighted by Crippen LogP contribution is -2.37. The molecule has 1 amide bonds. The fraction of sp³-hybridized carbons (Fsp3) is 0.296. The lowest BCUT2D eigenvalue weighted by molar-refractivity contribution is 0.0372. The van der Waals surface area contributed by atoms with Crippen molar-refractivity contribution in [3.8, 4) is 11.5 Å². The fourth-order valence-corrected chi connectivity index (χ4v) is 5.35. The number of ether oxygens (including phenoxy) is 2. The van der Waals surface area contributed by atoms with E-state index in [1.807, 2.05) is 0 Å². The van der Waals surface area contributed by atoms with Crippen LogP contribution in [0.4, 0.5) is 5.69 Å². The molecule has 1 aliphatic rings. The van der Waals surface area contributed by atoms with Crippen LogP contribution in [0.25, 0.3) is 0 Å². The minimum Gasteiger partial charge on any atom is -0.456 e. The Balaban J connectivity index is 1.37. The van der Waals surface area contributed by atoms with Gasteiger partial charge in [-0.15, -0.1) is 0 Å². The largest absolute Gasteiger partial charge is 0.456 e. The summed E-state index contributed by atoms with van der Waals surface area (Å²) in [4.78, 5) is 15.2. The van der Waals surface area contributed by atoms with E-state index in [0.29, 0.717) is 28.1 Å². The number of carbonyl (C=O) groups excluding carboxylic acids is 1. The number of amides is 1. The summed E-state index contributed by atoms with van der Waals surface area (Å²) >= 11 is 12.2. The maximum absolute atomic E-state index is 13.1. The van der Waals surface area contributed by atoms with E-state index in [-0.39, 0.29) is 16.1 Å². The van der Waals surface area contributed by atoms with Crippen molar-refractivity contribution >= 4 is 44.8 Å². The van der Waals surface area contributed by atoms with Gasteiger partial charge in [-0.1, -0.05) is 35.3 Å². The molecule has 0 saturated carbocycles. The Morgan fingerprint density at radius 2 is 1.71 bits per heavy atom. The van der Waals surface area contributed by atoms with Crippen LogP contribution >= 0.6 is 23.2 Å². The van der Waals surface area contributed by atoms with Gasteiger partial charge >= 0.3 is 0 Å². The summed E-state index contributed by atoms with van der Waals surface area (Å²) in [6, 6.07) is 17.3. The van der Waals surface area contributed by atoms with E-state index in [0.717, 1.165) is 45.7 Å². The highest BCUT2D eigenvalue weighted by molar-refractivity contribution is 7.92. The molecule has 8 nitrogen and oxygen atoms in total.